The van der Waals surface area contributed by atoms with Crippen molar-refractivity contribution in [2.24, 2.45) is 4.99 Å². The number of halogens is 2. The number of nitrogens with one attached hydrogen (secondary N) is 1. The predicted octanol–water partition coefficient (Wildman–Crippen LogP) is 2.75. The third-order valence-corrected chi connectivity index (χ3v) is 5.32. The van der Waals surface area contributed by atoms with E-state index in [0.717, 1.165) is 49.8 Å². The highest BCUT2D eigenvalue weighted by Gasteiger charge is 2.20. The summed E-state index contributed by atoms with van der Waals surface area (Å²) in [6.45, 7) is 6.80. The van der Waals surface area contributed by atoms with Gasteiger partial charge in [-0.05, 0) is 42.3 Å². The lowest BCUT2D eigenvalue weighted by Gasteiger charge is -2.36. The number of rotatable bonds is 7. The number of hydrogen-bond donors (Lipinski definition) is 2. The van der Waals surface area contributed by atoms with Crippen molar-refractivity contribution in [3.8, 4) is 5.75 Å². The van der Waals surface area contributed by atoms with Crippen molar-refractivity contribution in [1.82, 2.24) is 15.1 Å². The fourth-order valence-electron chi connectivity index (χ4n) is 3.62. The Kier molecular flexibility index (Phi) is 8.20. The number of aliphatic imine (C=N–C) groups is 1. The minimum Gasteiger partial charge on any atom is -0.494 e. The molecule has 0 amide bonds. The second-order valence-corrected chi connectivity index (χ2v) is 7.49. The van der Waals surface area contributed by atoms with E-state index in [1.165, 1.54) is 19.2 Å². The Balaban J connectivity index is 1.58. The van der Waals surface area contributed by atoms with Crippen LogP contribution in [0.4, 0.5) is 8.78 Å². The molecule has 0 spiro atoms. The minimum absolute atomic E-state index is 0.257. The summed E-state index contributed by atoms with van der Waals surface area (Å²) in [5.74, 6) is 0.320. The van der Waals surface area contributed by atoms with Gasteiger partial charge >= 0.3 is 0 Å². The van der Waals surface area contributed by atoms with Crippen molar-refractivity contribution >= 4 is 5.96 Å². The third kappa shape index (κ3) is 6.15. The van der Waals surface area contributed by atoms with Crippen molar-refractivity contribution in [2.75, 3.05) is 39.8 Å². The second-order valence-electron chi connectivity index (χ2n) is 7.49. The average Bonchev–Trinajstić information content (AvgIpc) is 2.78. The molecule has 2 aromatic carbocycles. The number of piperazine rings is 1. The SMILES string of the molecule is CCNC(=NCc1ccc(F)c(CO)c1)N1CCN(Cc2ccc(OC)c(F)c2)CC1. The zero-order valence-electron chi connectivity index (χ0n) is 18.1. The van der Waals surface area contributed by atoms with Crippen molar-refractivity contribution in [3.63, 3.8) is 0 Å². The van der Waals surface area contributed by atoms with Gasteiger partial charge in [-0.1, -0.05) is 12.1 Å². The fraction of sp³-hybridized carbons (Fsp3) is 0.435. The molecule has 0 atom stereocenters. The molecule has 2 N–H and O–H groups in total. The average molecular weight is 433 g/mol. The maximum atomic E-state index is 13.9. The van der Waals surface area contributed by atoms with Crippen LogP contribution >= 0.6 is 0 Å². The van der Waals surface area contributed by atoms with Gasteiger partial charge in [0.25, 0.3) is 0 Å². The monoisotopic (exact) mass is 432 g/mol. The molecule has 0 unspecified atom stereocenters. The smallest absolute Gasteiger partial charge is 0.194 e. The minimum atomic E-state index is -0.407. The van der Waals surface area contributed by atoms with Gasteiger partial charge in [0.2, 0.25) is 0 Å². The molecule has 3 rings (SSSR count). The molecule has 1 fully saturated rings. The van der Waals surface area contributed by atoms with Crippen molar-refractivity contribution in [3.05, 3.63) is 64.7 Å². The summed E-state index contributed by atoms with van der Waals surface area (Å²) >= 11 is 0. The van der Waals surface area contributed by atoms with Gasteiger partial charge in [-0.15, -0.1) is 0 Å². The van der Waals surface area contributed by atoms with Crippen LogP contribution in [0.2, 0.25) is 0 Å². The lowest BCUT2D eigenvalue weighted by molar-refractivity contribution is 0.172. The van der Waals surface area contributed by atoms with Gasteiger partial charge in [0, 0.05) is 44.8 Å². The molecular formula is C23H30F2N4O2. The molecule has 0 bridgehead atoms. The number of aliphatic hydroxyl groups excluding tert-OH is 1. The van der Waals surface area contributed by atoms with Crippen molar-refractivity contribution in [2.45, 2.75) is 26.6 Å². The molecule has 0 aromatic heterocycles. The molecular weight excluding hydrogens is 402 g/mol. The van der Waals surface area contributed by atoms with Gasteiger partial charge in [0.1, 0.15) is 5.82 Å². The molecule has 6 nitrogen and oxygen atoms in total. The molecule has 31 heavy (non-hydrogen) atoms. The van der Waals surface area contributed by atoms with E-state index < -0.39 is 5.82 Å². The predicted molar refractivity (Wildman–Crippen MR) is 117 cm³/mol. The van der Waals surface area contributed by atoms with Crippen LogP contribution in [-0.4, -0.2) is 60.7 Å². The Bertz CT molecular complexity index is 899. The van der Waals surface area contributed by atoms with Gasteiger partial charge in [-0.3, -0.25) is 4.90 Å². The van der Waals surface area contributed by atoms with Gasteiger partial charge in [-0.2, -0.15) is 0 Å². The number of aliphatic hydroxyl groups is 1. The van der Waals surface area contributed by atoms with E-state index in [1.54, 1.807) is 18.2 Å². The summed E-state index contributed by atoms with van der Waals surface area (Å²) in [4.78, 5) is 9.18. The van der Waals surface area contributed by atoms with Gasteiger partial charge in [0.15, 0.2) is 17.5 Å². The van der Waals surface area contributed by atoms with Gasteiger partial charge < -0.3 is 20.1 Å². The molecule has 0 radical (unpaired) electrons. The molecule has 0 saturated carbocycles. The van der Waals surface area contributed by atoms with Crippen molar-refractivity contribution < 1.29 is 18.6 Å². The maximum Gasteiger partial charge on any atom is 0.194 e. The number of nitrogens with zero attached hydrogens (tertiary/aromatic N) is 3. The highest BCUT2D eigenvalue weighted by molar-refractivity contribution is 5.80. The molecule has 1 heterocycles. The van der Waals surface area contributed by atoms with Crippen LogP contribution in [0.5, 0.6) is 5.75 Å². The van der Waals surface area contributed by atoms with E-state index >= 15 is 0 Å². The summed E-state index contributed by atoms with van der Waals surface area (Å²) < 4.78 is 32.5. The van der Waals surface area contributed by atoms with Crippen LogP contribution in [0.15, 0.2) is 41.4 Å². The van der Waals surface area contributed by atoms with E-state index in [2.05, 4.69) is 15.1 Å². The molecule has 1 aliphatic heterocycles. The van der Waals surface area contributed by atoms with Gasteiger partial charge in [0.05, 0.1) is 20.3 Å². The maximum absolute atomic E-state index is 13.9. The summed E-state index contributed by atoms with van der Waals surface area (Å²) in [7, 11) is 1.46. The zero-order valence-corrected chi connectivity index (χ0v) is 18.1. The van der Waals surface area contributed by atoms with E-state index in [9.17, 15) is 13.9 Å². The first-order chi connectivity index (χ1) is 15.0. The zero-order chi connectivity index (χ0) is 22.2. The van der Waals surface area contributed by atoms with Crippen LogP contribution in [0.3, 0.4) is 0 Å². The van der Waals surface area contributed by atoms with E-state index in [-0.39, 0.29) is 23.7 Å². The quantitative estimate of drug-likeness (QED) is 0.521. The van der Waals surface area contributed by atoms with Crippen LogP contribution in [0, 0.1) is 11.6 Å². The molecule has 1 saturated heterocycles. The molecule has 2 aromatic rings. The van der Waals surface area contributed by atoms with Crippen LogP contribution in [0.1, 0.15) is 23.6 Å². The summed E-state index contributed by atoms with van der Waals surface area (Å²) in [6.07, 6.45) is 0. The number of benzene rings is 2. The Morgan fingerprint density at radius 3 is 2.45 bits per heavy atom. The molecule has 8 heteroatoms. The summed E-state index contributed by atoms with van der Waals surface area (Å²) in [5, 5.41) is 12.6. The number of methoxy groups -OCH3 is 1. The standard InChI is InChI=1S/C23H30F2N4O2/c1-3-26-23(27-14-17-4-6-20(24)19(12-17)16-30)29-10-8-28(9-11-29)15-18-5-7-22(31-2)21(25)13-18/h4-7,12-13,30H,3,8-11,14-16H2,1-2H3,(H,26,27). The third-order valence-electron chi connectivity index (χ3n) is 5.32. The molecule has 168 valence electrons. The van der Waals surface area contributed by atoms with Crippen LogP contribution in [-0.2, 0) is 19.7 Å². The first-order valence-corrected chi connectivity index (χ1v) is 10.5. The molecule has 1 aliphatic rings. The van der Waals surface area contributed by atoms with Crippen molar-refractivity contribution in [1.29, 1.82) is 0 Å². The van der Waals surface area contributed by atoms with E-state index in [1.807, 2.05) is 13.0 Å². The van der Waals surface area contributed by atoms with Crippen LogP contribution in [0.25, 0.3) is 0 Å². The van der Waals surface area contributed by atoms with Gasteiger partial charge in [-0.25, -0.2) is 13.8 Å². The number of ether oxygens (including phenoxy) is 1. The lowest BCUT2D eigenvalue weighted by atomic mass is 10.1. The topological polar surface area (TPSA) is 60.3 Å². The normalized spacial score (nSPS) is 15.3. The highest BCUT2D eigenvalue weighted by Crippen LogP contribution is 2.19. The van der Waals surface area contributed by atoms with Crippen LogP contribution < -0.4 is 10.1 Å². The lowest BCUT2D eigenvalue weighted by Crippen LogP contribution is -2.52. The second kappa shape index (κ2) is 11.1. The Labute approximate surface area is 182 Å². The Morgan fingerprint density at radius 1 is 1.06 bits per heavy atom. The number of guanidine groups is 1. The molecule has 0 aliphatic carbocycles. The van der Waals surface area contributed by atoms with E-state index in [4.69, 9.17) is 9.73 Å². The largest absolute Gasteiger partial charge is 0.494 e. The summed E-state index contributed by atoms with van der Waals surface area (Å²) in [5.41, 5.74) is 2.05. The number of hydrogen-bond acceptors (Lipinski definition) is 4. The van der Waals surface area contributed by atoms with E-state index in [0.29, 0.717) is 13.1 Å². The fourth-order valence-corrected chi connectivity index (χ4v) is 3.62. The Hall–Kier alpha value is -2.71. The summed E-state index contributed by atoms with van der Waals surface area (Å²) in [6, 6.07) is 9.78. The Morgan fingerprint density at radius 2 is 1.81 bits per heavy atom. The highest BCUT2D eigenvalue weighted by atomic mass is 19.1. The first-order valence-electron chi connectivity index (χ1n) is 10.5. The first kappa shape index (κ1) is 23.0.